The topological polar surface area (TPSA) is 21.8 Å². The number of hydrogen-bond donors (Lipinski definition) is 0. The van der Waals surface area contributed by atoms with Crippen molar-refractivity contribution < 1.29 is 9.16 Å². The van der Waals surface area contributed by atoms with Crippen molar-refractivity contribution in [1.82, 2.24) is 0 Å². The Kier molecular flexibility index (Phi) is 8.21. The summed E-state index contributed by atoms with van der Waals surface area (Å²) < 4.78 is 12.3. The van der Waals surface area contributed by atoms with E-state index in [1.807, 2.05) is 0 Å². The molecule has 21 heavy (non-hydrogen) atoms. The predicted octanol–water partition coefficient (Wildman–Crippen LogP) is 5.62. The third kappa shape index (κ3) is 5.54. The van der Waals surface area contributed by atoms with Crippen molar-refractivity contribution in [2.24, 2.45) is 0 Å². The van der Waals surface area contributed by atoms with E-state index in [1.54, 1.807) is 0 Å². The van der Waals surface area contributed by atoms with E-state index in [2.05, 4.69) is 53.3 Å². The minimum absolute atomic E-state index is 0.360. The Balaban J connectivity index is 2.61. The van der Waals surface area contributed by atoms with Gasteiger partial charge < -0.3 is 9.16 Å². The van der Waals surface area contributed by atoms with E-state index in [1.165, 1.54) is 32.1 Å². The lowest BCUT2D eigenvalue weighted by molar-refractivity contribution is 0.244. The predicted molar refractivity (Wildman–Crippen MR) is 94.1 cm³/mol. The first-order valence-corrected chi connectivity index (χ1v) is 11.1. The van der Waals surface area contributed by atoms with Crippen LogP contribution in [-0.4, -0.2) is 27.1 Å². The maximum absolute atomic E-state index is 6.56. The van der Waals surface area contributed by atoms with Gasteiger partial charge in [-0.3, -0.25) is 0 Å². The molecule has 0 aromatic rings. The second kappa shape index (κ2) is 9.11. The first-order valence-electron chi connectivity index (χ1n) is 8.95. The molecule has 0 N–H and O–H groups in total. The number of epoxide rings is 1. The van der Waals surface area contributed by atoms with E-state index in [-0.39, 0.29) is 0 Å². The van der Waals surface area contributed by atoms with Crippen LogP contribution in [0, 0.1) is 0 Å². The molecule has 2 atom stereocenters. The highest BCUT2D eigenvalue weighted by molar-refractivity contribution is 6.81. The van der Waals surface area contributed by atoms with E-state index in [4.69, 9.17) is 9.16 Å². The van der Waals surface area contributed by atoms with Crippen molar-refractivity contribution in [3.05, 3.63) is 11.8 Å². The fraction of sp³-hybridized carbons (Fsp3) is 0.889. The number of hydrogen-bond acceptors (Lipinski definition) is 2. The van der Waals surface area contributed by atoms with Crippen LogP contribution in [0.25, 0.3) is 0 Å². The molecule has 124 valence electrons. The van der Waals surface area contributed by atoms with Gasteiger partial charge in [-0.1, -0.05) is 72.6 Å². The Morgan fingerprint density at radius 2 is 1.71 bits per heavy atom. The number of rotatable bonds is 11. The summed E-state index contributed by atoms with van der Waals surface area (Å²) in [4.78, 5) is 0. The van der Waals surface area contributed by atoms with Gasteiger partial charge in [0.1, 0.15) is 6.10 Å². The fourth-order valence-electron chi connectivity index (χ4n) is 3.11. The van der Waals surface area contributed by atoms with E-state index in [0.717, 1.165) is 6.61 Å². The summed E-state index contributed by atoms with van der Waals surface area (Å²) in [5.74, 6) is 0. The standard InChI is InChI=1S/C18H36O2Si/c1-7-9-10-11-13-21(15(3)4,16(5)6)19-14-18-17(20-18)12-8-2/h11,13,15-18H,7-10,12,14H2,1-6H3/b13-11+/t17-,18-/m1/s1. The van der Waals surface area contributed by atoms with Gasteiger partial charge in [0.05, 0.1) is 12.7 Å². The average Bonchev–Trinajstić information content (AvgIpc) is 3.16. The molecule has 1 aliphatic rings. The lowest BCUT2D eigenvalue weighted by Gasteiger charge is -2.36. The zero-order valence-electron chi connectivity index (χ0n) is 15.0. The Morgan fingerprint density at radius 1 is 1.05 bits per heavy atom. The molecule has 3 heteroatoms. The summed E-state index contributed by atoms with van der Waals surface area (Å²) in [6.45, 7) is 14.6. The lowest BCUT2D eigenvalue weighted by Crippen LogP contribution is -2.44. The summed E-state index contributed by atoms with van der Waals surface area (Å²) in [7, 11) is -1.84. The van der Waals surface area contributed by atoms with Gasteiger partial charge in [0.25, 0.3) is 0 Å². The molecule has 0 unspecified atom stereocenters. The van der Waals surface area contributed by atoms with Gasteiger partial charge in [-0.2, -0.15) is 0 Å². The Hall–Kier alpha value is -0.123. The van der Waals surface area contributed by atoms with Crippen molar-refractivity contribution >= 4 is 8.32 Å². The molecule has 1 aliphatic heterocycles. The number of ether oxygens (including phenoxy) is 1. The quantitative estimate of drug-likeness (QED) is 0.280. The highest BCUT2D eigenvalue weighted by Crippen LogP contribution is 2.37. The van der Waals surface area contributed by atoms with Crippen LogP contribution < -0.4 is 0 Å². The molecular weight excluding hydrogens is 276 g/mol. The molecule has 0 saturated carbocycles. The van der Waals surface area contributed by atoms with Crippen molar-refractivity contribution in [3.63, 3.8) is 0 Å². The minimum atomic E-state index is -1.84. The molecule has 1 rings (SSSR count). The second-order valence-electron chi connectivity index (χ2n) is 7.02. The summed E-state index contributed by atoms with van der Waals surface area (Å²) in [5.41, 5.74) is 3.69. The smallest absolute Gasteiger partial charge is 0.221 e. The van der Waals surface area contributed by atoms with E-state index in [0.29, 0.717) is 23.3 Å². The van der Waals surface area contributed by atoms with Crippen molar-refractivity contribution in [1.29, 1.82) is 0 Å². The maximum atomic E-state index is 6.56. The molecule has 1 heterocycles. The summed E-state index contributed by atoms with van der Waals surface area (Å²) >= 11 is 0. The zero-order valence-corrected chi connectivity index (χ0v) is 16.0. The van der Waals surface area contributed by atoms with E-state index >= 15 is 0 Å². The molecule has 0 aromatic heterocycles. The number of allylic oxidation sites excluding steroid dienone is 1. The monoisotopic (exact) mass is 312 g/mol. The van der Waals surface area contributed by atoms with Gasteiger partial charge in [0, 0.05) is 0 Å². The molecule has 0 radical (unpaired) electrons. The van der Waals surface area contributed by atoms with Gasteiger partial charge in [0.15, 0.2) is 0 Å². The van der Waals surface area contributed by atoms with Gasteiger partial charge in [-0.15, -0.1) is 0 Å². The molecule has 1 saturated heterocycles. The van der Waals surface area contributed by atoms with E-state index in [9.17, 15) is 0 Å². The average molecular weight is 313 g/mol. The molecule has 0 aliphatic carbocycles. The first kappa shape index (κ1) is 18.9. The van der Waals surface area contributed by atoms with E-state index < -0.39 is 8.32 Å². The molecule has 0 aromatic carbocycles. The van der Waals surface area contributed by atoms with Crippen LogP contribution in [0.2, 0.25) is 11.1 Å². The molecule has 1 fully saturated rings. The van der Waals surface area contributed by atoms with Gasteiger partial charge >= 0.3 is 0 Å². The summed E-state index contributed by atoms with van der Waals surface area (Å²) in [5, 5.41) is 0. The van der Waals surface area contributed by atoms with Crippen LogP contribution in [0.1, 0.15) is 73.6 Å². The van der Waals surface area contributed by atoms with Crippen LogP contribution in [0.4, 0.5) is 0 Å². The maximum Gasteiger partial charge on any atom is 0.221 e. The zero-order chi connectivity index (χ0) is 15.9. The van der Waals surface area contributed by atoms with Crippen LogP contribution in [0.5, 0.6) is 0 Å². The molecule has 0 bridgehead atoms. The van der Waals surface area contributed by atoms with Crippen LogP contribution in [0.3, 0.4) is 0 Å². The molecule has 2 nitrogen and oxygen atoms in total. The van der Waals surface area contributed by atoms with Gasteiger partial charge in [0.2, 0.25) is 8.32 Å². The van der Waals surface area contributed by atoms with Crippen LogP contribution >= 0.6 is 0 Å². The minimum Gasteiger partial charge on any atom is -0.410 e. The van der Waals surface area contributed by atoms with Crippen LogP contribution in [0.15, 0.2) is 11.8 Å². The summed E-state index contributed by atoms with van der Waals surface area (Å²) in [6, 6.07) is 0. The largest absolute Gasteiger partial charge is 0.410 e. The Labute approximate surface area is 133 Å². The van der Waals surface area contributed by atoms with Crippen LogP contribution in [-0.2, 0) is 9.16 Å². The van der Waals surface area contributed by atoms with Crippen molar-refractivity contribution in [2.45, 2.75) is 96.9 Å². The van der Waals surface area contributed by atoms with Gasteiger partial charge in [-0.25, -0.2) is 0 Å². The fourth-order valence-corrected chi connectivity index (χ4v) is 6.97. The third-order valence-corrected chi connectivity index (χ3v) is 9.70. The van der Waals surface area contributed by atoms with Crippen molar-refractivity contribution in [2.75, 3.05) is 6.61 Å². The molecule has 0 spiro atoms. The summed E-state index contributed by atoms with van der Waals surface area (Å²) in [6.07, 6.45) is 9.31. The lowest BCUT2D eigenvalue weighted by atomic mass is 10.2. The Morgan fingerprint density at radius 3 is 2.24 bits per heavy atom. The molecular formula is C18H36O2Si. The second-order valence-corrected chi connectivity index (χ2v) is 11.7. The van der Waals surface area contributed by atoms with Gasteiger partial charge in [-0.05, 0) is 23.9 Å². The normalized spacial score (nSPS) is 22.7. The number of unbranched alkanes of at least 4 members (excludes halogenated alkanes) is 2. The Bertz CT molecular complexity index is 304. The third-order valence-electron chi connectivity index (χ3n) is 4.67. The SMILES string of the molecule is CCCC/C=C/[Si](OC[C@H]1O[C@@H]1CCC)(C(C)C)C(C)C. The highest BCUT2D eigenvalue weighted by atomic mass is 28.4. The molecule has 0 amide bonds. The first-order chi connectivity index (χ1) is 9.97. The van der Waals surface area contributed by atoms with Crippen molar-refractivity contribution in [3.8, 4) is 0 Å². The highest BCUT2D eigenvalue weighted by Gasteiger charge is 2.44.